The summed E-state index contributed by atoms with van der Waals surface area (Å²) >= 11 is 1.68. The van der Waals surface area contributed by atoms with Crippen LogP contribution in [0.4, 0.5) is 4.39 Å². The summed E-state index contributed by atoms with van der Waals surface area (Å²) < 4.78 is 12.6. The molecule has 17 heavy (non-hydrogen) atoms. The third-order valence-electron chi connectivity index (χ3n) is 2.09. The van der Waals surface area contributed by atoms with Crippen molar-refractivity contribution in [3.05, 3.63) is 35.6 Å². The Morgan fingerprint density at radius 1 is 1.29 bits per heavy atom. The molecule has 94 valence electrons. The van der Waals surface area contributed by atoms with Crippen LogP contribution in [0.3, 0.4) is 0 Å². The van der Waals surface area contributed by atoms with Gasteiger partial charge in [0.1, 0.15) is 5.82 Å². The van der Waals surface area contributed by atoms with Crippen molar-refractivity contribution < 1.29 is 14.3 Å². The maximum atomic E-state index is 12.6. The van der Waals surface area contributed by atoms with Crippen molar-refractivity contribution in [1.82, 2.24) is 5.32 Å². The van der Waals surface area contributed by atoms with E-state index in [-0.39, 0.29) is 18.3 Å². The van der Waals surface area contributed by atoms with Gasteiger partial charge >= 0.3 is 0 Å². The molecule has 3 nitrogen and oxygen atoms in total. The van der Waals surface area contributed by atoms with Crippen LogP contribution in [-0.4, -0.2) is 35.7 Å². The predicted octanol–water partition coefficient (Wildman–Crippen LogP) is 1.67. The number of benzene rings is 1. The molecule has 0 aliphatic rings. The van der Waals surface area contributed by atoms with Crippen LogP contribution in [0.25, 0.3) is 0 Å². The molecule has 0 heterocycles. The Morgan fingerprint density at radius 3 is 2.65 bits per heavy atom. The highest BCUT2D eigenvalue weighted by Crippen LogP contribution is 2.03. The van der Waals surface area contributed by atoms with E-state index in [1.807, 2.05) is 0 Å². The maximum absolute atomic E-state index is 12.6. The Hall–Kier alpha value is -1.07. The molecule has 0 saturated heterocycles. The summed E-state index contributed by atoms with van der Waals surface area (Å²) in [7, 11) is 0. The van der Waals surface area contributed by atoms with E-state index in [0.29, 0.717) is 12.1 Å². The molecule has 0 saturated carbocycles. The SMILES string of the molecule is O=C(NCCSCCCO)c1ccc(F)cc1. The Morgan fingerprint density at radius 2 is 2.00 bits per heavy atom. The van der Waals surface area contributed by atoms with E-state index in [2.05, 4.69) is 5.32 Å². The molecule has 1 aromatic rings. The standard InChI is InChI=1S/C12H16FNO2S/c13-11-4-2-10(3-5-11)12(16)14-6-9-17-8-1-7-15/h2-5,15H,1,6-9H2,(H,14,16). The van der Waals surface area contributed by atoms with Gasteiger partial charge in [0.15, 0.2) is 0 Å². The summed E-state index contributed by atoms with van der Waals surface area (Å²) in [4.78, 5) is 11.6. The number of thioether (sulfide) groups is 1. The smallest absolute Gasteiger partial charge is 0.251 e. The van der Waals surface area contributed by atoms with Gasteiger partial charge in [-0.2, -0.15) is 11.8 Å². The molecule has 0 fully saturated rings. The fraction of sp³-hybridized carbons (Fsp3) is 0.417. The minimum atomic E-state index is -0.346. The van der Waals surface area contributed by atoms with Crippen LogP contribution in [-0.2, 0) is 0 Å². The monoisotopic (exact) mass is 257 g/mol. The lowest BCUT2D eigenvalue weighted by atomic mass is 10.2. The first-order chi connectivity index (χ1) is 8.24. The molecular weight excluding hydrogens is 241 g/mol. The lowest BCUT2D eigenvalue weighted by molar-refractivity contribution is 0.0956. The summed E-state index contributed by atoms with van der Waals surface area (Å²) in [6, 6.07) is 5.46. The number of carbonyl (C=O) groups excluding carboxylic acids is 1. The van der Waals surface area contributed by atoms with Crippen molar-refractivity contribution in [2.24, 2.45) is 0 Å². The zero-order chi connectivity index (χ0) is 12.5. The number of halogens is 1. The minimum absolute atomic E-state index is 0.187. The van der Waals surface area contributed by atoms with Crippen molar-refractivity contribution in [2.75, 3.05) is 24.7 Å². The van der Waals surface area contributed by atoms with Crippen LogP contribution < -0.4 is 5.32 Å². The second kappa shape index (κ2) is 8.08. The quantitative estimate of drug-likeness (QED) is 0.731. The van der Waals surface area contributed by atoms with Crippen molar-refractivity contribution in [1.29, 1.82) is 0 Å². The molecule has 0 atom stereocenters. The molecule has 0 aromatic heterocycles. The average Bonchev–Trinajstić information content (AvgIpc) is 2.34. The van der Waals surface area contributed by atoms with E-state index in [0.717, 1.165) is 17.9 Å². The first kappa shape index (κ1) is 14.0. The van der Waals surface area contributed by atoms with Crippen LogP contribution in [0.2, 0.25) is 0 Å². The lowest BCUT2D eigenvalue weighted by Crippen LogP contribution is -2.25. The maximum Gasteiger partial charge on any atom is 0.251 e. The third kappa shape index (κ3) is 5.70. The Labute approximate surface area is 104 Å². The number of rotatable bonds is 7. The van der Waals surface area contributed by atoms with Gasteiger partial charge in [0, 0.05) is 24.5 Å². The highest BCUT2D eigenvalue weighted by molar-refractivity contribution is 7.99. The highest BCUT2D eigenvalue weighted by Gasteiger charge is 2.03. The molecule has 0 aliphatic heterocycles. The largest absolute Gasteiger partial charge is 0.396 e. The van der Waals surface area contributed by atoms with Gasteiger partial charge in [0.05, 0.1) is 0 Å². The minimum Gasteiger partial charge on any atom is -0.396 e. The van der Waals surface area contributed by atoms with E-state index in [4.69, 9.17) is 5.11 Å². The number of carbonyl (C=O) groups is 1. The van der Waals surface area contributed by atoms with Crippen molar-refractivity contribution in [3.63, 3.8) is 0 Å². The van der Waals surface area contributed by atoms with Gasteiger partial charge in [-0.3, -0.25) is 4.79 Å². The summed E-state index contributed by atoms with van der Waals surface area (Å²) in [5, 5.41) is 11.3. The first-order valence-electron chi connectivity index (χ1n) is 5.46. The van der Waals surface area contributed by atoms with E-state index in [1.165, 1.54) is 24.3 Å². The summed E-state index contributed by atoms with van der Waals surface area (Å²) in [5.41, 5.74) is 0.465. The Kier molecular flexibility index (Phi) is 6.65. The van der Waals surface area contributed by atoms with Crippen LogP contribution in [0, 0.1) is 5.82 Å². The molecule has 0 unspecified atom stereocenters. The Bertz CT molecular complexity index is 343. The topological polar surface area (TPSA) is 49.3 Å². The lowest BCUT2D eigenvalue weighted by Gasteiger charge is -2.04. The summed E-state index contributed by atoms with van der Waals surface area (Å²) in [5.74, 6) is 1.17. The Balaban J connectivity index is 2.19. The number of aliphatic hydroxyl groups excluding tert-OH is 1. The fourth-order valence-corrected chi connectivity index (χ4v) is 1.99. The molecule has 0 aliphatic carbocycles. The normalized spacial score (nSPS) is 10.2. The van der Waals surface area contributed by atoms with Gasteiger partial charge in [0.2, 0.25) is 0 Å². The first-order valence-corrected chi connectivity index (χ1v) is 6.62. The van der Waals surface area contributed by atoms with E-state index >= 15 is 0 Å². The fourth-order valence-electron chi connectivity index (χ4n) is 1.21. The zero-order valence-corrected chi connectivity index (χ0v) is 10.3. The highest BCUT2D eigenvalue weighted by atomic mass is 32.2. The number of hydrogen-bond acceptors (Lipinski definition) is 3. The molecule has 0 spiro atoms. The van der Waals surface area contributed by atoms with E-state index < -0.39 is 0 Å². The molecular formula is C12H16FNO2S. The van der Waals surface area contributed by atoms with Gasteiger partial charge in [0.25, 0.3) is 5.91 Å². The van der Waals surface area contributed by atoms with Crippen molar-refractivity contribution >= 4 is 17.7 Å². The van der Waals surface area contributed by atoms with E-state index in [9.17, 15) is 9.18 Å². The number of nitrogens with one attached hydrogen (secondary N) is 1. The van der Waals surface area contributed by atoms with Crippen LogP contribution in [0.15, 0.2) is 24.3 Å². The summed E-state index contributed by atoms with van der Waals surface area (Å²) in [6.07, 6.45) is 0.774. The molecule has 0 bridgehead atoms. The number of aliphatic hydroxyl groups is 1. The molecule has 1 rings (SSSR count). The van der Waals surface area contributed by atoms with Crippen molar-refractivity contribution in [2.45, 2.75) is 6.42 Å². The van der Waals surface area contributed by atoms with E-state index in [1.54, 1.807) is 11.8 Å². The van der Waals surface area contributed by atoms with Gasteiger partial charge < -0.3 is 10.4 Å². The van der Waals surface area contributed by atoms with Gasteiger partial charge in [-0.05, 0) is 36.4 Å². The van der Waals surface area contributed by atoms with Gasteiger partial charge in [-0.25, -0.2) is 4.39 Å². The average molecular weight is 257 g/mol. The van der Waals surface area contributed by atoms with Crippen LogP contribution in [0.5, 0.6) is 0 Å². The zero-order valence-electron chi connectivity index (χ0n) is 9.49. The molecule has 1 amide bonds. The van der Waals surface area contributed by atoms with Gasteiger partial charge in [-0.15, -0.1) is 0 Å². The second-order valence-electron chi connectivity index (χ2n) is 3.45. The van der Waals surface area contributed by atoms with Crippen LogP contribution in [0.1, 0.15) is 16.8 Å². The summed E-state index contributed by atoms with van der Waals surface area (Å²) in [6.45, 7) is 0.779. The molecule has 2 N–H and O–H groups in total. The molecule has 1 aromatic carbocycles. The second-order valence-corrected chi connectivity index (χ2v) is 4.68. The predicted molar refractivity (Wildman–Crippen MR) is 67.8 cm³/mol. The van der Waals surface area contributed by atoms with Crippen LogP contribution >= 0.6 is 11.8 Å². The molecule has 5 heteroatoms. The van der Waals surface area contributed by atoms with Crippen molar-refractivity contribution in [3.8, 4) is 0 Å². The molecule has 0 radical (unpaired) electrons. The van der Waals surface area contributed by atoms with Gasteiger partial charge in [-0.1, -0.05) is 0 Å². The third-order valence-corrected chi connectivity index (χ3v) is 3.16. The number of hydrogen-bond donors (Lipinski definition) is 2. The number of amides is 1.